The van der Waals surface area contributed by atoms with Gasteiger partial charge in [-0.25, -0.2) is 4.79 Å². The number of urea groups is 1. The Labute approximate surface area is 176 Å². The molecule has 30 heavy (non-hydrogen) atoms. The Morgan fingerprint density at radius 3 is 2.63 bits per heavy atom. The number of nitrogens with one attached hydrogen (secondary N) is 1. The zero-order valence-corrected chi connectivity index (χ0v) is 17.2. The monoisotopic (exact) mass is 403 g/mol. The summed E-state index contributed by atoms with van der Waals surface area (Å²) < 4.78 is 6.84. The minimum absolute atomic E-state index is 0.137. The van der Waals surface area contributed by atoms with Crippen molar-refractivity contribution < 1.29 is 14.3 Å². The van der Waals surface area contributed by atoms with Crippen LogP contribution in [0.15, 0.2) is 66.9 Å². The fourth-order valence-electron chi connectivity index (χ4n) is 4.04. The summed E-state index contributed by atoms with van der Waals surface area (Å²) in [6, 6.07) is 19.9. The van der Waals surface area contributed by atoms with E-state index in [4.69, 9.17) is 0 Å². The lowest BCUT2D eigenvalue weighted by atomic mass is 9.97. The summed E-state index contributed by atoms with van der Waals surface area (Å²) in [4.78, 5) is 26.6. The highest BCUT2D eigenvalue weighted by molar-refractivity contribution is 5.77. The molecule has 0 aliphatic carbocycles. The number of benzene rings is 2. The SMILES string of the molecule is COC(=O)CCNC(=O)N1Cc2ccccc2-n2cccc2C1c1ccccc1C. The summed E-state index contributed by atoms with van der Waals surface area (Å²) in [5.74, 6) is -0.346. The number of para-hydroxylation sites is 1. The zero-order chi connectivity index (χ0) is 21.1. The number of carbonyl (C=O) groups is 2. The molecule has 1 N–H and O–H groups in total. The van der Waals surface area contributed by atoms with Crippen LogP contribution in [0.1, 0.15) is 34.8 Å². The lowest BCUT2D eigenvalue weighted by molar-refractivity contribution is -0.140. The predicted molar refractivity (Wildman–Crippen MR) is 114 cm³/mol. The van der Waals surface area contributed by atoms with Gasteiger partial charge in [-0.3, -0.25) is 4.79 Å². The third kappa shape index (κ3) is 3.68. The predicted octanol–water partition coefficient (Wildman–Crippen LogP) is 3.96. The van der Waals surface area contributed by atoms with Crippen molar-refractivity contribution in [1.82, 2.24) is 14.8 Å². The molecular weight excluding hydrogens is 378 g/mol. The Bertz CT molecular complexity index is 1070. The van der Waals surface area contributed by atoms with E-state index in [-0.39, 0.29) is 31.0 Å². The molecule has 1 unspecified atom stereocenters. The van der Waals surface area contributed by atoms with Gasteiger partial charge in [0.1, 0.15) is 6.04 Å². The number of fused-ring (bicyclic) bond motifs is 3. The van der Waals surface area contributed by atoms with Crippen molar-refractivity contribution >= 4 is 12.0 Å². The zero-order valence-electron chi connectivity index (χ0n) is 17.2. The van der Waals surface area contributed by atoms with Gasteiger partial charge >= 0.3 is 12.0 Å². The van der Waals surface area contributed by atoms with E-state index < -0.39 is 0 Å². The van der Waals surface area contributed by atoms with Crippen LogP contribution in [0.4, 0.5) is 4.79 Å². The molecule has 1 aliphatic heterocycles. The molecule has 6 heteroatoms. The summed E-state index contributed by atoms with van der Waals surface area (Å²) in [6.07, 6.45) is 2.18. The number of hydrogen-bond donors (Lipinski definition) is 1. The number of methoxy groups -OCH3 is 1. The van der Waals surface area contributed by atoms with Gasteiger partial charge in [-0.2, -0.15) is 0 Å². The molecular formula is C24H25N3O3. The maximum absolute atomic E-state index is 13.3. The second-order valence-corrected chi connectivity index (χ2v) is 7.38. The highest BCUT2D eigenvalue weighted by atomic mass is 16.5. The van der Waals surface area contributed by atoms with Crippen molar-refractivity contribution in [3.05, 3.63) is 89.2 Å². The number of hydrogen-bond acceptors (Lipinski definition) is 3. The quantitative estimate of drug-likeness (QED) is 0.671. The lowest BCUT2D eigenvalue weighted by Gasteiger charge is -2.31. The van der Waals surface area contributed by atoms with Gasteiger partial charge in [-0.15, -0.1) is 0 Å². The van der Waals surface area contributed by atoms with E-state index >= 15 is 0 Å². The van der Waals surface area contributed by atoms with Crippen LogP contribution in [0, 0.1) is 6.92 Å². The summed E-state index contributed by atoms with van der Waals surface area (Å²) in [5.41, 5.74) is 5.36. The van der Waals surface area contributed by atoms with E-state index in [0.717, 1.165) is 28.1 Å². The normalized spacial score (nSPS) is 15.0. The molecule has 0 spiro atoms. The molecule has 2 aromatic carbocycles. The largest absolute Gasteiger partial charge is 0.469 e. The second kappa shape index (κ2) is 8.45. The molecule has 6 nitrogen and oxygen atoms in total. The van der Waals surface area contributed by atoms with E-state index in [2.05, 4.69) is 45.8 Å². The van der Waals surface area contributed by atoms with E-state index in [0.29, 0.717) is 6.54 Å². The summed E-state index contributed by atoms with van der Waals surface area (Å²) >= 11 is 0. The van der Waals surface area contributed by atoms with Gasteiger partial charge in [0.25, 0.3) is 0 Å². The average molecular weight is 403 g/mol. The molecule has 2 amide bonds. The second-order valence-electron chi connectivity index (χ2n) is 7.38. The topological polar surface area (TPSA) is 63.6 Å². The van der Waals surface area contributed by atoms with Crippen LogP contribution in [0.5, 0.6) is 0 Å². The van der Waals surface area contributed by atoms with Crippen LogP contribution in [-0.2, 0) is 16.1 Å². The van der Waals surface area contributed by atoms with Crippen molar-refractivity contribution in [3.63, 3.8) is 0 Å². The van der Waals surface area contributed by atoms with Crippen LogP contribution < -0.4 is 5.32 Å². The summed E-state index contributed by atoms with van der Waals surface area (Å²) in [7, 11) is 1.35. The first kappa shape index (κ1) is 19.8. The first-order valence-corrected chi connectivity index (χ1v) is 10.0. The Kier molecular flexibility index (Phi) is 5.57. The van der Waals surface area contributed by atoms with Crippen LogP contribution in [0.2, 0.25) is 0 Å². The molecule has 1 aromatic heterocycles. The fourth-order valence-corrected chi connectivity index (χ4v) is 4.04. The van der Waals surface area contributed by atoms with Gasteiger partial charge in [0, 0.05) is 18.4 Å². The molecule has 1 aliphatic rings. The van der Waals surface area contributed by atoms with E-state index in [1.165, 1.54) is 7.11 Å². The first-order chi connectivity index (χ1) is 14.6. The van der Waals surface area contributed by atoms with Crippen LogP contribution in [-0.4, -0.2) is 35.1 Å². The standard InChI is InChI=1S/C24H25N3O3/c1-17-8-3-5-10-19(17)23-21-12-7-15-26(21)20-11-6-4-9-18(20)16-27(23)24(29)25-14-13-22(28)30-2/h3-12,15,23H,13-14,16H2,1-2H3,(H,25,29). The number of esters is 1. The molecule has 2 heterocycles. The number of aryl methyl sites for hydroxylation is 1. The number of ether oxygens (including phenoxy) is 1. The smallest absolute Gasteiger partial charge is 0.318 e. The highest BCUT2D eigenvalue weighted by Crippen LogP contribution is 2.37. The van der Waals surface area contributed by atoms with Crippen LogP contribution >= 0.6 is 0 Å². The summed E-state index contributed by atoms with van der Waals surface area (Å²) in [5, 5.41) is 2.90. The maximum Gasteiger partial charge on any atom is 0.318 e. The molecule has 154 valence electrons. The molecule has 0 bridgehead atoms. The highest BCUT2D eigenvalue weighted by Gasteiger charge is 2.33. The Morgan fingerprint density at radius 1 is 1.07 bits per heavy atom. The minimum Gasteiger partial charge on any atom is -0.469 e. The number of nitrogens with zero attached hydrogens (tertiary/aromatic N) is 2. The first-order valence-electron chi connectivity index (χ1n) is 10.0. The fraction of sp³-hybridized carbons (Fsp3) is 0.250. The number of amides is 2. The van der Waals surface area contributed by atoms with E-state index in [1.54, 1.807) is 0 Å². The third-order valence-electron chi connectivity index (χ3n) is 5.54. The van der Waals surface area contributed by atoms with Crippen molar-refractivity contribution in [3.8, 4) is 5.69 Å². The number of carbonyl (C=O) groups excluding carboxylic acids is 2. The third-order valence-corrected chi connectivity index (χ3v) is 5.54. The molecule has 0 fully saturated rings. The van der Waals surface area contributed by atoms with Crippen molar-refractivity contribution in [2.75, 3.05) is 13.7 Å². The van der Waals surface area contributed by atoms with Crippen LogP contribution in [0.25, 0.3) is 5.69 Å². The molecule has 4 rings (SSSR count). The molecule has 1 atom stereocenters. The number of aromatic nitrogens is 1. The van der Waals surface area contributed by atoms with E-state index in [1.807, 2.05) is 47.5 Å². The van der Waals surface area contributed by atoms with Crippen LogP contribution in [0.3, 0.4) is 0 Å². The van der Waals surface area contributed by atoms with Gasteiger partial charge in [-0.1, -0.05) is 42.5 Å². The molecule has 0 saturated carbocycles. The van der Waals surface area contributed by atoms with E-state index in [9.17, 15) is 9.59 Å². The van der Waals surface area contributed by atoms with Gasteiger partial charge in [0.15, 0.2) is 0 Å². The van der Waals surface area contributed by atoms with Gasteiger partial charge < -0.3 is 19.5 Å². The average Bonchev–Trinajstić information content (AvgIpc) is 3.19. The Balaban J connectivity index is 1.77. The number of rotatable bonds is 4. The molecule has 3 aromatic rings. The van der Waals surface area contributed by atoms with Gasteiger partial charge in [0.2, 0.25) is 0 Å². The van der Waals surface area contributed by atoms with Crippen molar-refractivity contribution in [1.29, 1.82) is 0 Å². The van der Waals surface area contributed by atoms with Crippen molar-refractivity contribution in [2.24, 2.45) is 0 Å². The Morgan fingerprint density at radius 2 is 1.83 bits per heavy atom. The molecule has 0 saturated heterocycles. The Hall–Kier alpha value is -3.54. The lowest BCUT2D eigenvalue weighted by Crippen LogP contribution is -2.42. The minimum atomic E-state index is -0.346. The maximum atomic E-state index is 13.3. The summed E-state index contributed by atoms with van der Waals surface area (Å²) in [6.45, 7) is 2.75. The van der Waals surface area contributed by atoms with Gasteiger partial charge in [0.05, 0.1) is 25.8 Å². The van der Waals surface area contributed by atoms with Crippen molar-refractivity contribution in [2.45, 2.75) is 25.9 Å². The van der Waals surface area contributed by atoms with Gasteiger partial charge in [-0.05, 0) is 41.8 Å². The molecule has 0 radical (unpaired) electrons.